The van der Waals surface area contributed by atoms with Gasteiger partial charge in [-0.3, -0.25) is 0 Å². The molecule has 0 amide bonds. The Bertz CT molecular complexity index is 159. The third-order valence-electron chi connectivity index (χ3n) is 2.09. The molecule has 0 bridgehead atoms. The third-order valence-corrected chi connectivity index (χ3v) is 17.1. The fraction of sp³-hybridized carbons (Fsp3) is 1.00. The minimum atomic E-state index is -1.29. The first-order valence-corrected chi connectivity index (χ1v) is 13.3. The van der Waals surface area contributed by atoms with Gasteiger partial charge in [0.1, 0.15) is 0 Å². The summed E-state index contributed by atoms with van der Waals surface area (Å²) in [5.41, 5.74) is 1.65. The molecule has 0 aromatic rings. The minimum absolute atomic E-state index is 0.550. The Labute approximate surface area is 111 Å². The van der Waals surface area contributed by atoms with Crippen molar-refractivity contribution in [2.45, 2.75) is 76.2 Å². The molecule has 0 saturated heterocycles. The van der Waals surface area contributed by atoms with Crippen molar-refractivity contribution in [2.75, 3.05) is 0 Å². The summed E-state index contributed by atoms with van der Waals surface area (Å²) < 4.78 is 4.66. The van der Waals surface area contributed by atoms with E-state index in [-0.39, 0.29) is 0 Å². The van der Waals surface area contributed by atoms with Crippen LogP contribution in [-0.2, 0) is 18.4 Å². The Hall–Kier alpha value is 0.740. The van der Waals surface area contributed by atoms with Gasteiger partial charge in [0.15, 0.2) is 0 Å². The molecule has 0 fully saturated rings. The Kier molecular flexibility index (Phi) is 5.85. The molecule has 0 unspecified atom stereocenters. The van der Waals surface area contributed by atoms with Gasteiger partial charge in [0.25, 0.3) is 0 Å². The van der Waals surface area contributed by atoms with Gasteiger partial charge >= 0.3 is 111 Å². The van der Waals surface area contributed by atoms with Gasteiger partial charge in [0.05, 0.1) is 0 Å². The fourth-order valence-corrected chi connectivity index (χ4v) is 17.8. The molecule has 0 aliphatic rings. The zero-order valence-corrected chi connectivity index (χ0v) is 16.3. The summed E-state index contributed by atoms with van der Waals surface area (Å²) >= 11 is -1.29. The van der Waals surface area contributed by atoms with E-state index in [1.54, 1.807) is 13.9 Å². The second kappa shape index (κ2) is 5.59. The van der Waals surface area contributed by atoms with E-state index in [0.29, 0.717) is 16.2 Å². The van der Waals surface area contributed by atoms with Crippen molar-refractivity contribution in [3.8, 4) is 0 Å². The quantitative estimate of drug-likeness (QED) is 0.551. The third kappa shape index (κ3) is 11.2. The Morgan fingerprint density at radius 2 is 0.688 bits per heavy atom. The number of hydrogen-bond acceptors (Lipinski definition) is 0. The topological polar surface area (TPSA) is 0 Å². The van der Waals surface area contributed by atoms with Gasteiger partial charge in [-0.15, -0.1) is 0 Å². The van der Waals surface area contributed by atoms with Crippen molar-refractivity contribution in [3.05, 3.63) is 0 Å². The van der Waals surface area contributed by atoms with E-state index in [1.165, 1.54) is 0 Å². The van der Waals surface area contributed by atoms with Gasteiger partial charge in [-0.2, -0.15) is 0 Å². The van der Waals surface area contributed by atoms with E-state index < -0.39 is 18.4 Å². The summed E-state index contributed by atoms with van der Waals surface area (Å²) in [5.74, 6) is 0. The average molecular weight is 394 g/mol. The van der Waals surface area contributed by atoms with Crippen LogP contribution in [0.3, 0.4) is 0 Å². The Morgan fingerprint density at radius 1 is 0.500 bits per heavy atom. The molecule has 0 aromatic carbocycles. The van der Waals surface area contributed by atoms with E-state index in [4.69, 9.17) is 0 Å². The molecule has 0 heterocycles. The molecular formula is C15H33Ta. The van der Waals surface area contributed by atoms with Crippen LogP contribution in [0, 0.1) is 16.2 Å². The zero-order chi connectivity index (χ0) is 13.2. The molecular weight excluding hydrogens is 361 g/mol. The SMILES string of the molecule is CC(C)(C)[CH2][Ta]([CH2]C(C)(C)C)[CH2]C(C)(C)C. The van der Waals surface area contributed by atoms with Gasteiger partial charge in [-0.1, -0.05) is 0 Å². The maximum absolute atomic E-state index is 2.42. The maximum atomic E-state index is 2.42. The summed E-state index contributed by atoms with van der Waals surface area (Å²) in [7, 11) is 0. The Morgan fingerprint density at radius 3 is 0.812 bits per heavy atom. The second-order valence-corrected chi connectivity index (χ2v) is 17.1. The number of hydrogen-bond donors (Lipinski definition) is 0. The van der Waals surface area contributed by atoms with Crippen molar-refractivity contribution in [2.24, 2.45) is 16.2 Å². The van der Waals surface area contributed by atoms with Crippen molar-refractivity contribution in [1.29, 1.82) is 0 Å². The van der Waals surface area contributed by atoms with Gasteiger partial charge in [0.2, 0.25) is 0 Å². The molecule has 0 spiro atoms. The molecule has 0 aliphatic carbocycles. The average Bonchev–Trinajstić information content (AvgIpc) is 1.70. The van der Waals surface area contributed by atoms with Crippen LogP contribution in [0.5, 0.6) is 0 Å². The molecule has 1 heteroatoms. The van der Waals surface area contributed by atoms with Gasteiger partial charge < -0.3 is 0 Å². The molecule has 0 atom stereocenters. The molecule has 0 N–H and O–H groups in total. The molecule has 98 valence electrons. The summed E-state index contributed by atoms with van der Waals surface area (Å²) in [6.07, 6.45) is 0. The summed E-state index contributed by atoms with van der Waals surface area (Å²) in [4.78, 5) is 0. The first-order valence-electron chi connectivity index (χ1n) is 6.51. The van der Waals surface area contributed by atoms with Gasteiger partial charge in [-0.05, 0) is 0 Å². The first-order chi connectivity index (χ1) is 6.79. The van der Waals surface area contributed by atoms with E-state index >= 15 is 0 Å². The summed E-state index contributed by atoms with van der Waals surface area (Å²) in [5, 5.41) is 0. The monoisotopic (exact) mass is 394 g/mol. The van der Waals surface area contributed by atoms with Crippen LogP contribution in [0.25, 0.3) is 0 Å². The van der Waals surface area contributed by atoms with Gasteiger partial charge in [0, 0.05) is 0 Å². The molecule has 0 nitrogen and oxygen atoms in total. The number of rotatable bonds is 3. The second-order valence-electron chi connectivity index (χ2n) is 8.83. The van der Waals surface area contributed by atoms with Crippen LogP contribution < -0.4 is 0 Å². The first kappa shape index (κ1) is 16.7. The van der Waals surface area contributed by atoms with Crippen molar-refractivity contribution < 1.29 is 18.4 Å². The van der Waals surface area contributed by atoms with Gasteiger partial charge in [-0.25, -0.2) is 0 Å². The predicted octanol–water partition coefficient (Wildman–Crippen LogP) is 6.00. The van der Waals surface area contributed by atoms with E-state index in [9.17, 15) is 0 Å². The van der Waals surface area contributed by atoms with E-state index in [2.05, 4.69) is 62.3 Å². The van der Waals surface area contributed by atoms with Crippen LogP contribution in [0.15, 0.2) is 0 Å². The van der Waals surface area contributed by atoms with Crippen molar-refractivity contribution in [1.82, 2.24) is 0 Å². The van der Waals surface area contributed by atoms with Crippen LogP contribution >= 0.6 is 0 Å². The molecule has 0 saturated carbocycles. The standard InChI is InChI=1S/3C5H11.Ta/c3*1-5(2,3)4;/h3*1H2,2-4H3;. The van der Waals surface area contributed by atoms with Crippen LogP contribution in [-0.4, -0.2) is 0 Å². The van der Waals surface area contributed by atoms with Crippen molar-refractivity contribution >= 4 is 0 Å². The molecule has 0 radical (unpaired) electrons. The fourth-order valence-electron chi connectivity index (χ4n) is 2.18. The summed E-state index contributed by atoms with van der Waals surface area (Å²) in [6, 6.07) is 0. The molecule has 0 rings (SSSR count). The van der Waals surface area contributed by atoms with Crippen LogP contribution in [0.2, 0.25) is 13.9 Å². The zero-order valence-electron chi connectivity index (χ0n) is 13.1. The van der Waals surface area contributed by atoms with Crippen molar-refractivity contribution in [3.63, 3.8) is 0 Å². The normalized spacial score (nSPS) is 14.6. The molecule has 0 aliphatic heterocycles. The Balaban J connectivity index is 4.53. The van der Waals surface area contributed by atoms with Crippen LogP contribution in [0.4, 0.5) is 0 Å². The molecule has 0 aromatic heterocycles. The summed E-state index contributed by atoms with van der Waals surface area (Å²) in [6.45, 7) is 21.8. The predicted molar refractivity (Wildman–Crippen MR) is 72.8 cm³/mol. The van der Waals surface area contributed by atoms with E-state index in [1.807, 2.05) is 0 Å². The van der Waals surface area contributed by atoms with E-state index in [0.717, 1.165) is 0 Å². The van der Waals surface area contributed by atoms with Crippen LogP contribution in [0.1, 0.15) is 62.3 Å². The molecule has 16 heavy (non-hydrogen) atoms.